The normalized spacial score (nSPS) is 25.8. The number of para-hydroxylation sites is 1. The third kappa shape index (κ3) is 4.40. The molecule has 146 valence electrons. The van der Waals surface area contributed by atoms with Crippen molar-refractivity contribution in [3.8, 4) is 0 Å². The van der Waals surface area contributed by atoms with Gasteiger partial charge < -0.3 is 10.1 Å². The van der Waals surface area contributed by atoms with E-state index in [1.165, 1.54) is 0 Å². The van der Waals surface area contributed by atoms with Crippen LogP contribution in [0.5, 0.6) is 0 Å². The van der Waals surface area contributed by atoms with E-state index in [4.69, 9.17) is 4.74 Å². The van der Waals surface area contributed by atoms with Gasteiger partial charge in [0.2, 0.25) is 0 Å². The number of Topliss-reactive ketones (excluding diaryl/α,β-unsaturated/α-hetero) is 1. The molecular weight excluding hydrogens is 342 g/mol. The second-order valence-electron chi connectivity index (χ2n) is 8.21. The minimum atomic E-state index is -0.866. The molecular formula is C22H29NO4. The summed E-state index contributed by atoms with van der Waals surface area (Å²) >= 11 is 0. The molecule has 2 fully saturated rings. The van der Waals surface area contributed by atoms with Gasteiger partial charge >= 0.3 is 5.97 Å². The molecule has 2 aliphatic rings. The van der Waals surface area contributed by atoms with Crippen molar-refractivity contribution in [1.82, 2.24) is 0 Å². The highest BCUT2D eigenvalue weighted by Gasteiger charge is 2.42. The Labute approximate surface area is 160 Å². The van der Waals surface area contributed by atoms with E-state index in [1.807, 2.05) is 24.3 Å². The molecule has 1 unspecified atom stereocenters. The molecule has 0 radical (unpaired) electrons. The molecule has 4 atom stereocenters. The predicted octanol–water partition coefficient (Wildman–Crippen LogP) is 4.08. The molecule has 0 spiro atoms. The molecule has 0 saturated heterocycles. The highest BCUT2D eigenvalue weighted by molar-refractivity contribution is 5.96. The number of rotatable bonds is 5. The zero-order chi connectivity index (χ0) is 19.6. The number of benzene rings is 1. The van der Waals surface area contributed by atoms with Gasteiger partial charge in [-0.25, -0.2) is 0 Å². The van der Waals surface area contributed by atoms with Crippen LogP contribution in [0.25, 0.3) is 0 Å². The summed E-state index contributed by atoms with van der Waals surface area (Å²) in [5.74, 6) is -0.354. The number of ether oxygens (including phenoxy) is 1. The molecule has 2 bridgehead atoms. The molecule has 0 heterocycles. The van der Waals surface area contributed by atoms with Gasteiger partial charge in [0.05, 0.1) is 5.92 Å². The minimum Gasteiger partial charge on any atom is -0.452 e. The number of nitrogens with one attached hydrogen (secondary N) is 1. The van der Waals surface area contributed by atoms with Crippen LogP contribution in [0, 0.1) is 17.8 Å². The number of carbonyl (C=O) groups is 3. The zero-order valence-electron chi connectivity index (χ0n) is 16.4. The zero-order valence-corrected chi connectivity index (χ0v) is 16.4. The van der Waals surface area contributed by atoms with Gasteiger partial charge in [-0.1, -0.05) is 38.5 Å². The van der Waals surface area contributed by atoms with Gasteiger partial charge in [-0.3, -0.25) is 14.4 Å². The maximum absolute atomic E-state index is 12.6. The molecule has 1 N–H and O–H groups in total. The summed E-state index contributed by atoms with van der Waals surface area (Å²) in [6.45, 7) is 5.73. The van der Waals surface area contributed by atoms with Crippen molar-refractivity contribution in [1.29, 1.82) is 0 Å². The Kier molecular flexibility index (Phi) is 5.98. The van der Waals surface area contributed by atoms with E-state index in [1.54, 1.807) is 6.92 Å². The molecule has 5 nitrogen and oxygen atoms in total. The second kappa shape index (κ2) is 8.24. The quantitative estimate of drug-likeness (QED) is 0.792. The van der Waals surface area contributed by atoms with Gasteiger partial charge in [-0.05, 0) is 50.2 Å². The van der Waals surface area contributed by atoms with Crippen molar-refractivity contribution in [2.45, 2.75) is 64.9 Å². The topological polar surface area (TPSA) is 72.5 Å². The summed E-state index contributed by atoms with van der Waals surface area (Å²) in [6, 6.07) is 7.65. The summed E-state index contributed by atoms with van der Waals surface area (Å²) in [5, 5.41) is 2.88. The lowest BCUT2D eigenvalue weighted by atomic mass is 9.67. The van der Waals surface area contributed by atoms with Gasteiger partial charge in [0.15, 0.2) is 6.10 Å². The van der Waals surface area contributed by atoms with Crippen LogP contribution in [-0.4, -0.2) is 23.8 Å². The first-order valence-electron chi connectivity index (χ1n) is 10.0. The fraction of sp³-hybridized carbons (Fsp3) is 0.591. The van der Waals surface area contributed by atoms with E-state index >= 15 is 0 Å². The molecule has 1 aromatic rings. The Bertz CT molecular complexity index is 711. The van der Waals surface area contributed by atoms with Gasteiger partial charge in [-0.2, -0.15) is 0 Å². The Balaban J connectivity index is 1.58. The standard InChI is InChI=1S/C22H29NO4/c1-13(2)18-9-4-5-10-19(18)23-21(25)14(3)27-22(26)17-11-15-7-6-8-16(12-17)20(15)24/h4-5,9-10,13-17H,6-8,11-12H2,1-3H3,(H,23,25)/t14-,15-,16+,17?/m1/s1. The van der Waals surface area contributed by atoms with Gasteiger partial charge in [0.25, 0.3) is 5.91 Å². The average Bonchev–Trinajstić information content (AvgIpc) is 2.61. The highest BCUT2D eigenvalue weighted by atomic mass is 16.5. The Morgan fingerprint density at radius 3 is 2.33 bits per heavy atom. The van der Waals surface area contributed by atoms with Crippen LogP contribution in [0.4, 0.5) is 5.69 Å². The van der Waals surface area contributed by atoms with Crippen LogP contribution in [0.2, 0.25) is 0 Å². The smallest absolute Gasteiger partial charge is 0.309 e. The molecule has 1 amide bonds. The molecule has 2 aliphatic carbocycles. The lowest BCUT2D eigenvalue weighted by Gasteiger charge is -2.36. The summed E-state index contributed by atoms with van der Waals surface area (Å²) in [6.07, 6.45) is 3.09. The maximum atomic E-state index is 12.6. The molecule has 1 aromatic carbocycles. The van der Waals surface area contributed by atoms with E-state index in [0.29, 0.717) is 18.6 Å². The van der Waals surface area contributed by atoms with Crippen molar-refractivity contribution in [3.05, 3.63) is 29.8 Å². The van der Waals surface area contributed by atoms with E-state index in [9.17, 15) is 14.4 Å². The number of anilines is 1. The first-order chi connectivity index (χ1) is 12.9. The summed E-state index contributed by atoms with van der Waals surface area (Å²) < 4.78 is 5.46. The van der Waals surface area contributed by atoms with E-state index < -0.39 is 6.10 Å². The van der Waals surface area contributed by atoms with Crippen LogP contribution in [0.3, 0.4) is 0 Å². The third-order valence-corrected chi connectivity index (χ3v) is 5.88. The summed E-state index contributed by atoms with van der Waals surface area (Å²) in [7, 11) is 0. The first-order valence-corrected chi connectivity index (χ1v) is 10.0. The van der Waals surface area contributed by atoms with Crippen molar-refractivity contribution < 1.29 is 19.1 Å². The number of hydrogen-bond donors (Lipinski definition) is 1. The Morgan fingerprint density at radius 1 is 1.07 bits per heavy atom. The van der Waals surface area contributed by atoms with Crippen LogP contribution in [-0.2, 0) is 19.1 Å². The number of amides is 1. The molecule has 2 saturated carbocycles. The number of hydrogen-bond acceptors (Lipinski definition) is 4. The third-order valence-electron chi connectivity index (χ3n) is 5.88. The average molecular weight is 371 g/mol. The van der Waals surface area contributed by atoms with Crippen molar-refractivity contribution in [2.75, 3.05) is 5.32 Å². The number of esters is 1. The van der Waals surface area contributed by atoms with E-state index in [2.05, 4.69) is 19.2 Å². The van der Waals surface area contributed by atoms with Gasteiger partial charge in [0.1, 0.15) is 5.78 Å². The van der Waals surface area contributed by atoms with Crippen LogP contribution in [0.1, 0.15) is 64.4 Å². The molecule has 27 heavy (non-hydrogen) atoms. The Morgan fingerprint density at radius 2 is 1.70 bits per heavy atom. The largest absolute Gasteiger partial charge is 0.452 e. The lowest BCUT2D eigenvalue weighted by Crippen LogP contribution is -2.41. The Hall–Kier alpha value is -2.17. The molecule has 0 aliphatic heterocycles. The lowest BCUT2D eigenvalue weighted by molar-refractivity contribution is -0.161. The van der Waals surface area contributed by atoms with Crippen molar-refractivity contribution in [3.63, 3.8) is 0 Å². The van der Waals surface area contributed by atoms with Crippen molar-refractivity contribution >= 4 is 23.3 Å². The number of carbonyl (C=O) groups excluding carboxylic acids is 3. The summed E-state index contributed by atoms with van der Waals surface area (Å²) in [5.41, 5.74) is 1.79. The first kappa shape index (κ1) is 19.6. The van der Waals surface area contributed by atoms with Gasteiger partial charge in [-0.15, -0.1) is 0 Å². The number of fused-ring (bicyclic) bond motifs is 2. The van der Waals surface area contributed by atoms with Gasteiger partial charge in [0, 0.05) is 17.5 Å². The monoisotopic (exact) mass is 371 g/mol. The summed E-state index contributed by atoms with van der Waals surface area (Å²) in [4.78, 5) is 37.3. The SMILES string of the molecule is CC(C)c1ccccc1NC(=O)[C@@H](C)OC(=O)C1C[C@H]2CCC[C@@H](C1)C2=O. The molecule has 5 heteroatoms. The van der Waals surface area contributed by atoms with Crippen LogP contribution < -0.4 is 5.32 Å². The van der Waals surface area contributed by atoms with Crippen molar-refractivity contribution in [2.24, 2.45) is 17.8 Å². The maximum Gasteiger partial charge on any atom is 0.309 e. The predicted molar refractivity (Wildman–Crippen MR) is 103 cm³/mol. The van der Waals surface area contributed by atoms with Crippen LogP contribution in [0.15, 0.2) is 24.3 Å². The number of ketones is 1. The highest BCUT2D eigenvalue weighted by Crippen LogP contribution is 2.40. The second-order valence-corrected chi connectivity index (χ2v) is 8.21. The molecule has 0 aromatic heterocycles. The van der Waals surface area contributed by atoms with Crippen LogP contribution >= 0.6 is 0 Å². The fourth-order valence-corrected chi connectivity index (χ4v) is 4.34. The van der Waals surface area contributed by atoms with E-state index in [0.717, 1.165) is 30.5 Å². The fourth-order valence-electron chi connectivity index (χ4n) is 4.34. The minimum absolute atomic E-state index is 0.00268. The van der Waals surface area contributed by atoms with E-state index in [-0.39, 0.29) is 35.5 Å². The molecule has 3 rings (SSSR count).